The maximum Gasteiger partial charge on any atom is 0.211 e. The van der Waals surface area contributed by atoms with E-state index >= 15 is 0 Å². The van der Waals surface area contributed by atoms with E-state index < -0.39 is 10.0 Å². The van der Waals surface area contributed by atoms with Crippen LogP contribution in [-0.2, 0) is 10.0 Å². The summed E-state index contributed by atoms with van der Waals surface area (Å²) in [5.41, 5.74) is 0.706. The zero-order valence-corrected chi connectivity index (χ0v) is 10.7. The highest BCUT2D eigenvalue weighted by Crippen LogP contribution is 2.35. The molecule has 0 unspecified atom stereocenters. The highest BCUT2D eigenvalue weighted by atomic mass is 32.2. The number of sulfonamides is 1. The van der Waals surface area contributed by atoms with Crippen LogP contribution in [0.3, 0.4) is 0 Å². The largest absolute Gasteiger partial charge is 0.372 e. The van der Waals surface area contributed by atoms with E-state index in [0.717, 1.165) is 12.8 Å². The maximum atomic E-state index is 11.7. The summed E-state index contributed by atoms with van der Waals surface area (Å²) in [6.07, 6.45) is 6.07. The summed E-state index contributed by atoms with van der Waals surface area (Å²) in [5, 5.41) is 2.95. The van der Waals surface area contributed by atoms with Crippen LogP contribution < -0.4 is 5.32 Å². The zero-order valence-electron chi connectivity index (χ0n) is 9.92. The predicted molar refractivity (Wildman–Crippen MR) is 65.1 cm³/mol. The van der Waals surface area contributed by atoms with Gasteiger partial charge in [0.25, 0.3) is 0 Å². The van der Waals surface area contributed by atoms with Gasteiger partial charge >= 0.3 is 0 Å². The van der Waals surface area contributed by atoms with E-state index in [2.05, 4.69) is 15.3 Å². The summed E-state index contributed by atoms with van der Waals surface area (Å²) in [6, 6.07) is -0.193. The van der Waals surface area contributed by atoms with Crippen molar-refractivity contribution in [1.29, 1.82) is 0 Å². The maximum absolute atomic E-state index is 11.7. The first-order valence-electron chi connectivity index (χ1n) is 5.49. The lowest BCUT2D eigenvalue weighted by atomic mass is 10.1. The Balaban J connectivity index is 2.39. The summed E-state index contributed by atoms with van der Waals surface area (Å²) in [4.78, 5) is 8.43. The number of rotatable bonds is 3. The molecule has 2 heterocycles. The van der Waals surface area contributed by atoms with Crippen molar-refractivity contribution < 1.29 is 8.42 Å². The number of hydrogen-bond donors (Lipinski definition) is 1. The highest BCUT2D eigenvalue weighted by molar-refractivity contribution is 7.88. The molecule has 0 amide bonds. The van der Waals surface area contributed by atoms with Crippen LogP contribution in [0.15, 0.2) is 12.4 Å². The summed E-state index contributed by atoms with van der Waals surface area (Å²) < 4.78 is 24.8. The number of aromatic nitrogens is 2. The first kappa shape index (κ1) is 12.3. The third-order valence-electron chi connectivity index (χ3n) is 2.91. The minimum absolute atomic E-state index is 0.193. The van der Waals surface area contributed by atoms with Crippen LogP contribution in [0.4, 0.5) is 5.82 Å². The molecule has 1 fully saturated rings. The fraction of sp³-hybridized carbons (Fsp3) is 0.600. The van der Waals surface area contributed by atoms with E-state index in [4.69, 9.17) is 0 Å². The van der Waals surface area contributed by atoms with Crippen molar-refractivity contribution >= 4 is 15.8 Å². The van der Waals surface area contributed by atoms with Gasteiger partial charge in [-0.15, -0.1) is 0 Å². The van der Waals surface area contributed by atoms with Gasteiger partial charge in [0.05, 0.1) is 12.3 Å². The average molecular weight is 256 g/mol. The Morgan fingerprint density at radius 3 is 2.76 bits per heavy atom. The van der Waals surface area contributed by atoms with Crippen molar-refractivity contribution in [2.45, 2.75) is 18.9 Å². The lowest BCUT2D eigenvalue weighted by Gasteiger charge is -2.22. The second-order valence-electron chi connectivity index (χ2n) is 4.07. The van der Waals surface area contributed by atoms with Crippen molar-refractivity contribution in [3.05, 3.63) is 18.1 Å². The molecule has 1 aromatic rings. The molecule has 1 atom stereocenters. The fourth-order valence-electron chi connectivity index (χ4n) is 2.20. The lowest BCUT2D eigenvalue weighted by molar-refractivity contribution is 0.394. The SMILES string of the molecule is CNc1nccnc1[C@H]1CCCN1S(C)(=O)=O. The third kappa shape index (κ3) is 2.39. The van der Waals surface area contributed by atoms with Gasteiger partial charge in [0, 0.05) is 26.0 Å². The van der Waals surface area contributed by atoms with Crippen molar-refractivity contribution in [1.82, 2.24) is 14.3 Å². The molecular formula is C10H16N4O2S. The predicted octanol–water partition coefficient (Wildman–Crippen LogP) is 0.615. The van der Waals surface area contributed by atoms with Crippen LogP contribution in [0.5, 0.6) is 0 Å². The standard InChI is InChI=1S/C10H16N4O2S/c1-11-10-9(12-5-6-13-10)8-4-3-7-14(8)17(2,15)16/h5-6,8H,3-4,7H2,1-2H3,(H,11,13)/t8-/m1/s1. The minimum atomic E-state index is -3.19. The summed E-state index contributed by atoms with van der Waals surface area (Å²) in [5.74, 6) is 0.646. The Kier molecular flexibility index (Phi) is 3.30. The molecule has 0 aromatic carbocycles. The minimum Gasteiger partial charge on any atom is -0.372 e. The molecule has 94 valence electrons. The van der Waals surface area contributed by atoms with Gasteiger partial charge in [-0.2, -0.15) is 4.31 Å². The summed E-state index contributed by atoms with van der Waals surface area (Å²) in [7, 11) is -1.43. The van der Waals surface area contributed by atoms with Gasteiger partial charge in [-0.25, -0.2) is 13.4 Å². The van der Waals surface area contributed by atoms with E-state index in [1.807, 2.05) is 0 Å². The summed E-state index contributed by atoms with van der Waals surface area (Å²) in [6.45, 7) is 0.559. The monoisotopic (exact) mass is 256 g/mol. The normalized spacial score (nSPS) is 21.6. The van der Waals surface area contributed by atoms with E-state index in [1.165, 1.54) is 10.6 Å². The van der Waals surface area contributed by atoms with Crippen molar-refractivity contribution in [3.8, 4) is 0 Å². The molecule has 0 spiro atoms. The molecule has 1 aliphatic heterocycles. The molecule has 0 radical (unpaired) electrons. The Bertz CT molecular complexity index is 503. The van der Waals surface area contributed by atoms with Crippen molar-refractivity contribution in [2.75, 3.05) is 25.2 Å². The van der Waals surface area contributed by atoms with E-state index in [9.17, 15) is 8.42 Å². The number of anilines is 1. The molecule has 2 rings (SSSR count). The first-order chi connectivity index (χ1) is 8.04. The van der Waals surface area contributed by atoms with Gasteiger partial charge in [0.2, 0.25) is 10.0 Å². The van der Waals surface area contributed by atoms with E-state index in [0.29, 0.717) is 18.1 Å². The lowest BCUT2D eigenvalue weighted by Crippen LogP contribution is -2.30. The Morgan fingerprint density at radius 2 is 2.12 bits per heavy atom. The molecular weight excluding hydrogens is 240 g/mol. The number of nitrogens with zero attached hydrogens (tertiary/aromatic N) is 3. The fourth-order valence-corrected chi connectivity index (χ4v) is 3.32. The van der Waals surface area contributed by atoms with Crippen LogP contribution in [0.2, 0.25) is 0 Å². The van der Waals surface area contributed by atoms with E-state index in [-0.39, 0.29) is 6.04 Å². The molecule has 17 heavy (non-hydrogen) atoms. The molecule has 0 saturated carbocycles. The topological polar surface area (TPSA) is 75.2 Å². The second kappa shape index (κ2) is 4.58. The van der Waals surface area contributed by atoms with Gasteiger partial charge < -0.3 is 5.32 Å². The number of nitrogens with one attached hydrogen (secondary N) is 1. The molecule has 6 nitrogen and oxygen atoms in total. The van der Waals surface area contributed by atoms with Gasteiger partial charge in [-0.1, -0.05) is 0 Å². The van der Waals surface area contributed by atoms with Gasteiger partial charge in [-0.05, 0) is 12.8 Å². The van der Waals surface area contributed by atoms with E-state index in [1.54, 1.807) is 19.4 Å². The van der Waals surface area contributed by atoms with Gasteiger partial charge in [0.15, 0.2) is 0 Å². The first-order valence-corrected chi connectivity index (χ1v) is 7.34. The van der Waals surface area contributed by atoms with Gasteiger partial charge in [-0.3, -0.25) is 4.98 Å². The third-order valence-corrected chi connectivity index (χ3v) is 4.20. The smallest absolute Gasteiger partial charge is 0.211 e. The van der Waals surface area contributed by atoms with Crippen molar-refractivity contribution in [2.24, 2.45) is 0 Å². The molecule has 1 saturated heterocycles. The Morgan fingerprint density at radius 1 is 1.41 bits per heavy atom. The molecule has 1 aromatic heterocycles. The molecule has 7 heteroatoms. The van der Waals surface area contributed by atoms with Gasteiger partial charge in [0.1, 0.15) is 11.5 Å². The number of hydrogen-bond acceptors (Lipinski definition) is 5. The molecule has 1 N–H and O–H groups in total. The molecule has 1 aliphatic rings. The second-order valence-corrected chi connectivity index (χ2v) is 6.01. The van der Waals surface area contributed by atoms with Crippen LogP contribution in [0, 0.1) is 0 Å². The molecule has 0 bridgehead atoms. The van der Waals surface area contributed by atoms with Crippen LogP contribution in [0.25, 0.3) is 0 Å². The van der Waals surface area contributed by atoms with Crippen LogP contribution >= 0.6 is 0 Å². The highest BCUT2D eigenvalue weighted by Gasteiger charge is 2.34. The quantitative estimate of drug-likeness (QED) is 0.857. The molecule has 0 aliphatic carbocycles. The average Bonchev–Trinajstić information content (AvgIpc) is 2.77. The zero-order chi connectivity index (χ0) is 12.5. The van der Waals surface area contributed by atoms with Crippen LogP contribution in [-0.4, -0.2) is 42.5 Å². The van der Waals surface area contributed by atoms with Crippen LogP contribution in [0.1, 0.15) is 24.6 Å². The summed E-state index contributed by atoms with van der Waals surface area (Å²) >= 11 is 0. The Hall–Kier alpha value is -1.21. The van der Waals surface area contributed by atoms with Crippen molar-refractivity contribution in [3.63, 3.8) is 0 Å². The Labute approximate surface area is 101 Å².